The number of nitrogens with zero attached hydrogens (tertiary/aromatic N) is 6. The van der Waals surface area contributed by atoms with Crippen LogP contribution in [0.3, 0.4) is 0 Å². The molecule has 3 heterocycles. The van der Waals surface area contributed by atoms with Gasteiger partial charge in [0.2, 0.25) is 11.8 Å². The number of halogens is 1. The Bertz CT molecular complexity index is 2550. The number of hydrogen-bond donors (Lipinski definition) is 3. The average Bonchev–Trinajstić information content (AvgIpc) is 3.92. The van der Waals surface area contributed by atoms with E-state index in [4.69, 9.17) is 36.4 Å². The Hall–Kier alpha value is -2.10. The predicted molar refractivity (Wildman–Crippen MR) is 272 cm³/mol. The van der Waals surface area contributed by atoms with E-state index in [0.29, 0.717) is 26.2 Å². The zero-order chi connectivity index (χ0) is 51.6. The van der Waals surface area contributed by atoms with Gasteiger partial charge in [-0.05, 0) is 22.0 Å². The third kappa shape index (κ3) is 19.4. The zero-order valence-electron chi connectivity index (χ0n) is 44.5. The molecule has 0 aliphatic carbocycles. The molecule has 1 aliphatic heterocycles. The van der Waals surface area contributed by atoms with Crippen molar-refractivity contribution in [1.29, 1.82) is 0 Å². The fourth-order valence-corrected chi connectivity index (χ4v) is 8.82. The van der Waals surface area contributed by atoms with Crippen LogP contribution in [-0.4, -0.2) is 115 Å². The summed E-state index contributed by atoms with van der Waals surface area (Å²) in [5.41, 5.74) is 5.33. The summed E-state index contributed by atoms with van der Waals surface area (Å²) >= 11 is 6.03. The number of carbonyl (C=O) groups excluding carboxylic acids is 3. The summed E-state index contributed by atoms with van der Waals surface area (Å²) < 4.78 is 9.82. The van der Waals surface area contributed by atoms with Crippen molar-refractivity contribution < 1.29 is 184 Å². The number of ether oxygens (including phenoxy) is 1. The van der Waals surface area contributed by atoms with Gasteiger partial charge in [-0.15, -0.1) is 11.6 Å². The van der Waals surface area contributed by atoms with Crippen LogP contribution in [0.15, 0.2) is 134 Å². The van der Waals surface area contributed by atoms with E-state index in [1.807, 2.05) is 96.0 Å². The summed E-state index contributed by atoms with van der Waals surface area (Å²) in [4.78, 5) is 51.2. The van der Waals surface area contributed by atoms with Crippen LogP contribution in [0, 0.1) is 22.7 Å². The second-order valence-corrected chi connectivity index (χ2v) is 19.9. The van der Waals surface area contributed by atoms with Crippen molar-refractivity contribution in [2.45, 2.75) is 66.7 Å². The topological polar surface area (TPSA) is 196 Å². The van der Waals surface area contributed by atoms with Gasteiger partial charge >= 0.3 is 138 Å². The van der Waals surface area contributed by atoms with Gasteiger partial charge < -0.3 is 50.6 Å². The normalized spacial score (nSPS) is 14.4. The Balaban J connectivity index is 0.000000455. The van der Waals surface area contributed by atoms with E-state index in [9.17, 15) is 24.9 Å². The maximum absolute atomic E-state index is 13.2. The minimum Gasteiger partial charge on any atom is -1.00 e. The number of benzene rings is 4. The fraction of sp³-hybridized carbons (Fsp3) is 0.400. The van der Waals surface area contributed by atoms with Crippen molar-refractivity contribution in [3.8, 4) is 22.5 Å². The molecule has 73 heavy (non-hydrogen) atoms. The quantitative estimate of drug-likeness (QED) is 0.0512. The average molecular weight is 1260 g/mol. The van der Waals surface area contributed by atoms with Crippen LogP contribution in [-0.2, 0) is 37.1 Å². The number of carbonyl (C=O) groups is 3. The Kier molecular flexibility index (Phi) is 29.1. The first-order chi connectivity index (χ1) is 34.1. The van der Waals surface area contributed by atoms with E-state index in [1.54, 1.807) is 4.90 Å². The van der Waals surface area contributed by atoms with Crippen molar-refractivity contribution in [2.75, 3.05) is 52.0 Å². The van der Waals surface area contributed by atoms with Gasteiger partial charge in [-0.25, -0.2) is 9.97 Å². The van der Waals surface area contributed by atoms with Gasteiger partial charge in [-0.2, -0.15) is 0 Å². The monoisotopic (exact) mass is 1260 g/mol. The second-order valence-electron chi connectivity index (χ2n) is 19.7. The zero-order valence-corrected chi connectivity index (χ0v) is 56.8. The molecule has 18 heteroatoms. The summed E-state index contributed by atoms with van der Waals surface area (Å²) in [5.74, 6) is 0.475. The van der Waals surface area contributed by atoms with Gasteiger partial charge in [0.15, 0.2) is 0 Å². The summed E-state index contributed by atoms with van der Waals surface area (Å²) in [6, 6.07) is 39.8. The van der Waals surface area contributed by atoms with Crippen LogP contribution >= 0.6 is 11.6 Å². The minimum absolute atomic E-state index is 0. The first kappa shape index (κ1) is 65.2. The van der Waals surface area contributed by atoms with E-state index in [0.717, 1.165) is 39.7 Å². The molecule has 0 bridgehead atoms. The van der Waals surface area contributed by atoms with Gasteiger partial charge in [-0.1, -0.05) is 163 Å². The molecule has 1 saturated heterocycles. The summed E-state index contributed by atoms with van der Waals surface area (Å²) in [7, 11) is 0. The molecule has 15 nitrogen and oxygen atoms in total. The number of imidazole rings is 2. The summed E-state index contributed by atoms with van der Waals surface area (Å²) in [6.45, 7) is 14.2. The molecule has 1 aliphatic rings. The number of amides is 2. The molecular weight excluding hydrogens is 1190 g/mol. The van der Waals surface area contributed by atoms with Gasteiger partial charge in [0.05, 0.1) is 30.1 Å². The van der Waals surface area contributed by atoms with Crippen molar-refractivity contribution in [1.82, 2.24) is 28.9 Å². The number of rotatable bonds is 17. The number of hydrogen-bond acceptors (Lipinski definition) is 11. The first-order valence-corrected chi connectivity index (χ1v) is 24.2. The molecule has 3 atom stereocenters. The number of aliphatic hydroxyl groups is 3. The van der Waals surface area contributed by atoms with Gasteiger partial charge in [0.25, 0.3) is 6.47 Å². The Morgan fingerprint density at radius 2 is 1.22 bits per heavy atom. The van der Waals surface area contributed by atoms with E-state index in [2.05, 4.69) is 98.2 Å². The molecule has 0 saturated carbocycles. The summed E-state index contributed by atoms with van der Waals surface area (Å²) in [5, 5.41) is 37.7. The van der Waals surface area contributed by atoms with Crippen LogP contribution in [0.5, 0.6) is 0 Å². The molecular formula is C55H69ClCs2N6O9. The largest absolute Gasteiger partial charge is 1.00 e. The molecule has 1 fully saturated rings. The van der Waals surface area contributed by atoms with E-state index in [-0.39, 0.29) is 214 Å². The molecule has 6 aromatic rings. The molecule has 382 valence electrons. The van der Waals surface area contributed by atoms with E-state index in [1.165, 1.54) is 5.56 Å². The van der Waals surface area contributed by atoms with Crippen LogP contribution in [0.2, 0.25) is 0 Å². The molecule has 3 N–H and O–H groups in total. The molecule has 2 aromatic heterocycles. The maximum atomic E-state index is 13.2. The van der Waals surface area contributed by atoms with Crippen LogP contribution in [0.25, 0.3) is 22.5 Å². The van der Waals surface area contributed by atoms with Crippen LogP contribution in [0.4, 0.5) is 0 Å². The molecule has 0 radical (unpaired) electrons. The SMILES string of the molecule is CC(C)(C)C(c1nc(-c2ccccc2)cn1Cc1ccccc1)N(CC(CO)CO)C(=O)CCl.CC(C)(C)C(c1nc(-c2ccccc2)cn1Cc1ccccc1)N1CC(CO)COCC1=O.O=CO[O-].[Cs+].[Cs+].[H-]. The molecule has 2 amide bonds. The van der Waals surface area contributed by atoms with E-state index >= 15 is 0 Å². The Morgan fingerprint density at radius 3 is 1.62 bits per heavy atom. The number of aromatic nitrogens is 4. The maximum Gasteiger partial charge on any atom is 1.00 e. The summed E-state index contributed by atoms with van der Waals surface area (Å²) in [6.07, 6.45) is 4.11. The predicted octanol–water partition coefficient (Wildman–Crippen LogP) is 1.06. The van der Waals surface area contributed by atoms with Crippen molar-refractivity contribution in [3.05, 3.63) is 156 Å². The smallest absolute Gasteiger partial charge is 1.00 e. The molecule has 4 aromatic carbocycles. The third-order valence-electron chi connectivity index (χ3n) is 12.0. The Morgan fingerprint density at radius 1 is 0.781 bits per heavy atom. The molecule has 3 unspecified atom stereocenters. The first-order valence-electron chi connectivity index (χ1n) is 23.7. The Labute approximate surface area is 554 Å². The number of alkyl halides is 1. The second kappa shape index (κ2) is 32.6. The van der Waals surface area contributed by atoms with Crippen LogP contribution in [0.1, 0.15) is 77.8 Å². The van der Waals surface area contributed by atoms with Crippen molar-refractivity contribution >= 4 is 29.9 Å². The third-order valence-corrected chi connectivity index (χ3v) is 12.2. The van der Waals surface area contributed by atoms with Gasteiger partial charge in [-0.3, -0.25) is 14.4 Å². The minimum atomic E-state index is -0.469. The standard InChI is InChI=1S/C27H34ClN3O3.C27H33N3O3.CH2O3.2Cs.H/c1-27(2,3)25(31(24(34)14-28)16-21(18-32)19-33)26-29-23(22-12-8-5-9-13-22)17-30(26)15-20-10-6-4-7-11-20;1-27(2,3)25(30-15-21(17-31)18-33-19-24(30)32)26-28-23(22-12-8-5-9-13-22)16-29(26)14-20-10-6-4-7-11-20;2-1-4-3;;;/h4-13,17,21,25,32-33H,14-16,18-19H2,1-3H3;4-13,16,21,25,31H,14-15,17-19H2,1-3H3;1,3H;;;/q;;;2*+1;-1/p-1. The van der Waals surface area contributed by atoms with E-state index < -0.39 is 17.4 Å². The van der Waals surface area contributed by atoms with Gasteiger partial charge in [0.1, 0.15) is 24.1 Å². The molecule has 0 spiro atoms. The molecule has 7 rings (SSSR count). The van der Waals surface area contributed by atoms with Gasteiger partial charge in [0, 0.05) is 81.4 Å². The van der Waals surface area contributed by atoms with Crippen LogP contribution < -0.4 is 143 Å². The fourth-order valence-electron chi connectivity index (χ4n) is 8.66. The van der Waals surface area contributed by atoms with Crippen molar-refractivity contribution in [2.24, 2.45) is 22.7 Å². The van der Waals surface area contributed by atoms with Crippen molar-refractivity contribution in [3.63, 3.8) is 0 Å². The number of aliphatic hydroxyl groups excluding tert-OH is 3.